The van der Waals surface area contributed by atoms with Crippen molar-refractivity contribution in [1.29, 1.82) is 0 Å². The summed E-state index contributed by atoms with van der Waals surface area (Å²) in [7, 11) is 6.67. The molecule has 2 aliphatic rings. The van der Waals surface area contributed by atoms with Crippen LogP contribution >= 0.6 is 0 Å². The Morgan fingerprint density at radius 2 is 1.07 bits per heavy atom. The van der Waals surface area contributed by atoms with Crippen molar-refractivity contribution in [3.05, 3.63) is 60.0 Å². The van der Waals surface area contributed by atoms with Gasteiger partial charge in [0, 0.05) is 106 Å². The van der Waals surface area contributed by atoms with Crippen molar-refractivity contribution in [2.75, 3.05) is 157 Å². The Morgan fingerprint density at radius 1 is 0.554 bits per heavy atom. The Balaban J connectivity index is 1.85. The highest BCUT2D eigenvalue weighted by molar-refractivity contribution is 6.04. The summed E-state index contributed by atoms with van der Waals surface area (Å²) >= 11 is 0. The Hall–Kier alpha value is -3.79. The third kappa shape index (κ3) is 13.4. The molecule has 0 bridgehead atoms. The second-order valence-electron chi connectivity index (χ2n) is 13.1. The van der Waals surface area contributed by atoms with E-state index < -0.39 is 0 Å². The molecule has 13 nitrogen and oxygen atoms in total. The lowest BCUT2D eigenvalue weighted by Crippen LogP contribution is -2.36. The molecule has 1 N–H and O–H groups in total. The Bertz CT molecular complexity index is 1720. The van der Waals surface area contributed by atoms with Gasteiger partial charge in [0.25, 0.3) is 0 Å². The second-order valence-corrected chi connectivity index (χ2v) is 13.1. The van der Waals surface area contributed by atoms with E-state index in [1.54, 1.807) is 28.4 Å². The van der Waals surface area contributed by atoms with Crippen LogP contribution < -0.4 is 19.7 Å². The molecule has 13 heteroatoms. The maximum Gasteiger partial charge on any atom is 0.203 e. The maximum absolute atomic E-state index is 11.7. The molecule has 1 heterocycles. The average Bonchev–Trinajstić information content (AvgIpc) is 3.21. The molecule has 0 atom stereocenters. The van der Waals surface area contributed by atoms with Crippen molar-refractivity contribution in [3.8, 4) is 28.2 Å². The molecule has 0 spiro atoms. The molecule has 310 valence electrons. The highest BCUT2D eigenvalue weighted by atomic mass is 16.5. The lowest BCUT2D eigenvalue weighted by molar-refractivity contribution is 0.0602. The van der Waals surface area contributed by atoms with Crippen LogP contribution in [0.25, 0.3) is 33.4 Å². The van der Waals surface area contributed by atoms with Gasteiger partial charge in [-0.25, -0.2) is 4.58 Å². The number of nitrogens with zero attached hydrogens (tertiary/aromatic N) is 3. The van der Waals surface area contributed by atoms with Crippen LogP contribution in [0.1, 0.15) is 13.8 Å². The molecule has 56 heavy (non-hydrogen) atoms. The van der Waals surface area contributed by atoms with E-state index in [0.717, 1.165) is 51.9 Å². The van der Waals surface area contributed by atoms with E-state index in [9.17, 15) is 5.11 Å². The van der Waals surface area contributed by atoms with Gasteiger partial charge in [0.05, 0.1) is 72.1 Å². The first-order valence-electron chi connectivity index (χ1n) is 19.7. The Labute approximate surface area is 332 Å². The van der Waals surface area contributed by atoms with E-state index in [4.69, 9.17) is 42.3 Å². The summed E-state index contributed by atoms with van der Waals surface area (Å²) in [5.41, 5.74) is 5.16. The minimum Gasteiger partial charge on any atom is -0.507 e. The van der Waals surface area contributed by atoms with Gasteiger partial charge < -0.3 is 57.2 Å². The molecular weight excluding hydrogens is 718 g/mol. The zero-order valence-corrected chi connectivity index (χ0v) is 34.4. The van der Waals surface area contributed by atoms with Crippen LogP contribution in [-0.2, 0) is 37.9 Å². The topological polar surface area (TPSA) is 117 Å². The highest BCUT2D eigenvalue weighted by Crippen LogP contribution is 2.44. The number of ether oxygens (including phenoxy) is 8. The quantitative estimate of drug-likeness (QED) is 0.0455. The van der Waals surface area contributed by atoms with Crippen molar-refractivity contribution in [1.82, 2.24) is 4.58 Å². The first-order valence-corrected chi connectivity index (χ1v) is 19.7. The van der Waals surface area contributed by atoms with E-state index in [-0.39, 0.29) is 5.75 Å². The van der Waals surface area contributed by atoms with Gasteiger partial charge in [-0.1, -0.05) is 0 Å². The van der Waals surface area contributed by atoms with Crippen LogP contribution in [0.2, 0.25) is 0 Å². The standard InChI is InChI=1S/C43H63N3O10/c1-7-44(8-2)34-9-12-37(40(47)31-34)43-38-13-10-35(45(15-19-52-27-23-48-3)16-20-53-28-24-49-4)32-41(38)56-42-33-36(11-14-39(42)43)46(17-21-54-29-25-50-5)18-22-55-30-26-51-6/h9-14,31-33H,7-8,15-30H2,1-6H3/p+1. The number of phenolic OH excluding ortho intramolecular Hbond substituents is 1. The van der Waals surface area contributed by atoms with E-state index in [2.05, 4.69) is 70.7 Å². The average molecular weight is 783 g/mol. The number of aromatic hydroxyl groups is 1. The second kappa shape index (κ2) is 25.5. The predicted octanol–water partition coefficient (Wildman–Crippen LogP) is 4.99. The molecule has 4 rings (SSSR count). The largest absolute Gasteiger partial charge is 0.507 e. The number of methoxy groups -OCH3 is 4. The Morgan fingerprint density at radius 3 is 1.61 bits per heavy atom. The van der Waals surface area contributed by atoms with Crippen LogP contribution in [0.15, 0.2) is 59.0 Å². The Kier molecular flexibility index (Phi) is 20.4. The van der Waals surface area contributed by atoms with Crippen molar-refractivity contribution in [3.63, 3.8) is 0 Å². The fraction of sp³-hybridized carbons (Fsp3) is 0.558. The summed E-state index contributed by atoms with van der Waals surface area (Å²) < 4.78 is 53.2. The molecule has 0 saturated carbocycles. The van der Waals surface area contributed by atoms with Gasteiger partial charge in [-0.05, 0) is 44.2 Å². The van der Waals surface area contributed by atoms with E-state index >= 15 is 0 Å². The van der Waals surface area contributed by atoms with E-state index in [1.807, 2.05) is 12.1 Å². The molecule has 0 aromatic heterocycles. The minimum absolute atomic E-state index is 0.211. The zero-order valence-electron chi connectivity index (χ0n) is 34.4. The number of hydrogen-bond donors (Lipinski definition) is 1. The molecule has 1 aliphatic heterocycles. The molecule has 0 fully saturated rings. The van der Waals surface area contributed by atoms with Crippen molar-refractivity contribution in [2.45, 2.75) is 13.8 Å². The van der Waals surface area contributed by atoms with Gasteiger partial charge in [-0.2, -0.15) is 0 Å². The summed E-state index contributed by atoms with van der Waals surface area (Å²) in [4.78, 5) is 4.46. The number of benzene rings is 3. The van der Waals surface area contributed by atoms with Crippen LogP contribution in [0.3, 0.4) is 0 Å². The molecule has 0 radical (unpaired) electrons. The van der Waals surface area contributed by atoms with Gasteiger partial charge in [0.1, 0.15) is 30.3 Å². The van der Waals surface area contributed by atoms with Gasteiger partial charge >= 0.3 is 0 Å². The summed E-state index contributed by atoms with van der Waals surface area (Å²) in [6.45, 7) is 14.8. The normalized spacial score (nSPS) is 11.5. The van der Waals surface area contributed by atoms with Crippen LogP contribution in [-0.4, -0.2) is 152 Å². The first kappa shape index (κ1) is 44.9. The number of rotatable bonds is 29. The molecule has 1 aliphatic carbocycles. The molecule has 2 aromatic rings. The van der Waals surface area contributed by atoms with Crippen LogP contribution in [0.4, 0.5) is 11.4 Å². The smallest absolute Gasteiger partial charge is 0.203 e. The fourth-order valence-electron chi connectivity index (χ4n) is 6.48. The van der Waals surface area contributed by atoms with Crippen molar-refractivity contribution in [2.24, 2.45) is 0 Å². The summed E-state index contributed by atoms with van der Waals surface area (Å²) in [6.07, 6.45) is 0. The zero-order chi connectivity index (χ0) is 40.0. The van der Waals surface area contributed by atoms with Crippen LogP contribution in [0, 0.1) is 0 Å². The fourth-order valence-corrected chi connectivity index (χ4v) is 6.48. The lowest BCUT2D eigenvalue weighted by atomic mass is 9.92. The first-order chi connectivity index (χ1) is 27.5. The third-order valence-corrected chi connectivity index (χ3v) is 9.55. The van der Waals surface area contributed by atoms with E-state index in [0.29, 0.717) is 117 Å². The number of hydrogen-bond acceptors (Lipinski definition) is 12. The number of phenols is 1. The summed E-state index contributed by atoms with van der Waals surface area (Å²) in [5.74, 6) is 0.903. The van der Waals surface area contributed by atoms with E-state index in [1.165, 1.54) is 0 Å². The van der Waals surface area contributed by atoms with Gasteiger partial charge in [-0.15, -0.1) is 0 Å². The molecule has 0 unspecified atom stereocenters. The van der Waals surface area contributed by atoms with Crippen molar-refractivity contribution >= 4 is 22.3 Å². The summed E-state index contributed by atoms with van der Waals surface area (Å²) in [5, 5.41) is 13.5. The minimum atomic E-state index is 0.211. The van der Waals surface area contributed by atoms with Gasteiger partial charge in [-0.3, -0.25) is 0 Å². The predicted molar refractivity (Wildman–Crippen MR) is 221 cm³/mol. The summed E-state index contributed by atoms with van der Waals surface area (Å²) in [6, 6.07) is 18.5. The monoisotopic (exact) mass is 782 g/mol. The SMILES string of the molecule is CCN(CC)c1ccc(-c2c3ccc(=[N+](CCOCCOC)CCOCCOC)cc-3oc3cc(N(CCOCCOC)CCOCCOC)ccc23)c(O)c1. The molecule has 0 amide bonds. The lowest BCUT2D eigenvalue weighted by Gasteiger charge is -2.26. The molecule has 2 aromatic carbocycles. The highest BCUT2D eigenvalue weighted by Gasteiger charge is 2.22. The number of anilines is 2. The molecular formula is C43H64N3O10+. The molecule has 0 saturated heterocycles. The van der Waals surface area contributed by atoms with Crippen molar-refractivity contribution < 1.29 is 47.4 Å². The van der Waals surface area contributed by atoms with Crippen LogP contribution in [0.5, 0.6) is 5.75 Å². The third-order valence-electron chi connectivity index (χ3n) is 9.55. The van der Waals surface area contributed by atoms with Gasteiger partial charge in [0.15, 0.2) is 13.1 Å². The number of fused-ring (bicyclic) bond motifs is 2. The van der Waals surface area contributed by atoms with Gasteiger partial charge in [0.2, 0.25) is 5.36 Å². The maximum atomic E-state index is 11.7.